The van der Waals surface area contributed by atoms with Crippen molar-refractivity contribution in [2.24, 2.45) is 0 Å². The minimum Gasteiger partial charge on any atom is -0.494 e. The van der Waals surface area contributed by atoms with E-state index in [0.717, 1.165) is 25.9 Å². The molecule has 1 N–H and O–H groups in total. The standard InChI is InChI=1S/C15H18FN3O2/c1-15(6-3-7-17-9-15)14-18-13(19-21-14)10-4-5-11(16)12(8-10)20-2/h4-5,8,17H,3,6-7,9H2,1-2H3. The molecule has 0 aliphatic carbocycles. The SMILES string of the molecule is COc1cc(-c2noc(C3(C)CCCNC3)n2)ccc1F. The Balaban J connectivity index is 1.91. The fourth-order valence-corrected chi connectivity index (χ4v) is 2.62. The van der Waals surface area contributed by atoms with Crippen LogP contribution in [-0.2, 0) is 5.41 Å². The van der Waals surface area contributed by atoms with Crippen LogP contribution in [0, 0.1) is 5.82 Å². The second-order valence-electron chi connectivity index (χ2n) is 5.61. The second-order valence-corrected chi connectivity index (χ2v) is 5.61. The number of nitrogens with one attached hydrogen (secondary N) is 1. The molecule has 0 bridgehead atoms. The number of hydrogen-bond donors (Lipinski definition) is 1. The predicted octanol–water partition coefficient (Wildman–Crippen LogP) is 2.53. The van der Waals surface area contributed by atoms with E-state index in [0.29, 0.717) is 17.3 Å². The zero-order chi connectivity index (χ0) is 14.9. The highest BCUT2D eigenvalue weighted by Gasteiger charge is 2.34. The summed E-state index contributed by atoms with van der Waals surface area (Å²) in [6.07, 6.45) is 2.09. The van der Waals surface area contributed by atoms with Gasteiger partial charge in [0, 0.05) is 12.1 Å². The van der Waals surface area contributed by atoms with Gasteiger partial charge in [0.1, 0.15) is 0 Å². The average Bonchev–Trinajstić information content (AvgIpc) is 2.99. The number of benzene rings is 1. The highest BCUT2D eigenvalue weighted by Crippen LogP contribution is 2.31. The molecule has 5 nitrogen and oxygen atoms in total. The van der Waals surface area contributed by atoms with E-state index in [1.807, 2.05) is 0 Å². The number of nitrogens with zero attached hydrogens (tertiary/aromatic N) is 2. The summed E-state index contributed by atoms with van der Waals surface area (Å²) >= 11 is 0. The lowest BCUT2D eigenvalue weighted by atomic mass is 9.83. The first kappa shape index (κ1) is 14.0. The lowest BCUT2D eigenvalue weighted by Gasteiger charge is -2.30. The van der Waals surface area contributed by atoms with Gasteiger partial charge >= 0.3 is 0 Å². The van der Waals surface area contributed by atoms with Gasteiger partial charge < -0.3 is 14.6 Å². The molecular formula is C15H18FN3O2. The molecule has 1 aromatic heterocycles. The van der Waals surface area contributed by atoms with E-state index in [2.05, 4.69) is 22.4 Å². The van der Waals surface area contributed by atoms with Gasteiger partial charge in [0.15, 0.2) is 11.6 Å². The van der Waals surface area contributed by atoms with Crippen LogP contribution in [0.15, 0.2) is 22.7 Å². The number of aromatic nitrogens is 2. The summed E-state index contributed by atoms with van der Waals surface area (Å²) in [6.45, 7) is 3.95. The van der Waals surface area contributed by atoms with Crippen molar-refractivity contribution >= 4 is 0 Å². The molecule has 2 heterocycles. The Morgan fingerprint density at radius 2 is 2.29 bits per heavy atom. The van der Waals surface area contributed by atoms with Crippen molar-refractivity contribution in [3.05, 3.63) is 29.9 Å². The Bertz CT molecular complexity index is 636. The van der Waals surface area contributed by atoms with Gasteiger partial charge in [-0.05, 0) is 44.5 Å². The molecule has 1 aliphatic heterocycles. The van der Waals surface area contributed by atoms with Gasteiger partial charge in [0.25, 0.3) is 0 Å². The molecule has 0 radical (unpaired) electrons. The van der Waals surface area contributed by atoms with Gasteiger partial charge in [-0.1, -0.05) is 5.16 Å². The first-order chi connectivity index (χ1) is 10.1. The summed E-state index contributed by atoms with van der Waals surface area (Å²) in [7, 11) is 1.43. The molecule has 1 saturated heterocycles. The molecule has 112 valence electrons. The summed E-state index contributed by atoms with van der Waals surface area (Å²) in [5.41, 5.74) is 0.531. The summed E-state index contributed by atoms with van der Waals surface area (Å²) < 4.78 is 23.9. The van der Waals surface area contributed by atoms with E-state index < -0.39 is 5.82 Å². The fraction of sp³-hybridized carbons (Fsp3) is 0.467. The highest BCUT2D eigenvalue weighted by atomic mass is 19.1. The summed E-state index contributed by atoms with van der Waals surface area (Å²) in [6, 6.07) is 4.54. The highest BCUT2D eigenvalue weighted by molar-refractivity contribution is 5.57. The second kappa shape index (κ2) is 5.44. The Morgan fingerprint density at radius 1 is 1.43 bits per heavy atom. The number of hydrogen-bond acceptors (Lipinski definition) is 5. The molecule has 1 fully saturated rings. The van der Waals surface area contributed by atoms with Crippen LogP contribution in [0.2, 0.25) is 0 Å². The third-order valence-corrected chi connectivity index (χ3v) is 3.95. The molecule has 21 heavy (non-hydrogen) atoms. The maximum absolute atomic E-state index is 13.4. The Labute approximate surface area is 122 Å². The predicted molar refractivity (Wildman–Crippen MR) is 75.7 cm³/mol. The number of methoxy groups -OCH3 is 1. The average molecular weight is 291 g/mol. The van der Waals surface area contributed by atoms with Crippen molar-refractivity contribution in [3.8, 4) is 17.1 Å². The van der Waals surface area contributed by atoms with E-state index in [9.17, 15) is 4.39 Å². The van der Waals surface area contributed by atoms with Gasteiger partial charge in [-0.3, -0.25) is 0 Å². The van der Waals surface area contributed by atoms with E-state index in [1.165, 1.54) is 13.2 Å². The maximum Gasteiger partial charge on any atom is 0.234 e. The van der Waals surface area contributed by atoms with Gasteiger partial charge in [-0.25, -0.2) is 4.39 Å². The number of piperidine rings is 1. The number of halogens is 1. The molecule has 0 amide bonds. The Kier molecular flexibility index (Phi) is 3.63. The molecular weight excluding hydrogens is 273 g/mol. The van der Waals surface area contributed by atoms with Gasteiger partial charge in [-0.15, -0.1) is 0 Å². The third kappa shape index (κ3) is 2.63. The molecule has 0 spiro atoms. The van der Waals surface area contributed by atoms with Crippen LogP contribution < -0.4 is 10.1 Å². The summed E-state index contributed by atoms with van der Waals surface area (Å²) in [5.74, 6) is 0.834. The molecule has 3 rings (SSSR count). The Morgan fingerprint density at radius 3 is 3.00 bits per heavy atom. The van der Waals surface area contributed by atoms with Crippen molar-refractivity contribution in [2.75, 3.05) is 20.2 Å². The largest absolute Gasteiger partial charge is 0.494 e. The van der Waals surface area contributed by atoms with Gasteiger partial charge in [-0.2, -0.15) is 4.98 Å². The topological polar surface area (TPSA) is 60.2 Å². The van der Waals surface area contributed by atoms with Gasteiger partial charge in [0.05, 0.1) is 12.5 Å². The zero-order valence-electron chi connectivity index (χ0n) is 12.1. The quantitative estimate of drug-likeness (QED) is 0.941. The minimum absolute atomic E-state index is 0.145. The van der Waals surface area contributed by atoms with E-state index in [1.54, 1.807) is 12.1 Å². The molecule has 1 aromatic carbocycles. The van der Waals surface area contributed by atoms with Crippen LogP contribution in [0.5, 0.6) is 5.75 Å². The minimum atomic E-state index is -0.409. The zero-order valence-corrected chi connectivity index (χ0v) is 12.1. The summed E-state index contributed by atoms with van der Waals surface area (Å²) in [4.78, 5) is 4.49. The smallest absolute Gasteiger partial charge is 0.234 e. The number of rotatable bonds is 3. The van der Waals surface area contributed by atoms with Crippen LogP contribution in [0.4, 0.5) is 4.39 Å². The first-order valence-corrected chi connectivity index (χ1v) is 7.01. The Hall–Kier alpha value is -1.95. The molecule has 1 atom stereocenters. The van der Waals surface area contributed by atoms with Gasteiger partial charge in [0.2, 0.25) is 11.7 Å². The van der Waals surface area contributed by atoms with Crippen molar-refractivity contribution in [1.29, 1.82) is 0 Å². The van der Waals surface area contributed by atoms with Crippen molar-refractivity contribution < 1.29 is 13.7 Å². The van der Waals surface area contributed by atoms with Crippen LogP contribution >= 0.6 is 0 Å². The lowest BCUT2D eigenvalue weighted by Crippen LogP contribution is -2.41. The molecule has 1 unspecified atom stereocenters. The van der Waals surface area contributed by atoms with Crippen molar-refractivity contribution in [2.45, 2.75) is 25.2 Å². The first-order valence-electron chi connectivity index (χ1n) is 7.01. The van der Waals surface area contributed by atoms with Crippen LogP contribution in [-0.4, -0.2) is 30.3 Å². The fourth-order valence-electron chi connectivity index (χ4n) is 2.62. The van der Waals surface area contributed by atoms with E-state index in [4.69, 9.17) is 9.26 Å². The maximum atomic E-state index is 13.4. The lowest BCUT2D eigenvalue weighted by molar-refractivity contribution is 0.245. The van der Waals surface area contributed by atoms with E-state index in [-0.39, 0.29) is 11.2 Å². The van der Waals surface area contributed by atoms with Crippen LogP contribution in [0.3, 0.4) is 0 Å². The molecule has 2 aromatic rings. The van der Waals surface area contributed by atoms with Crippen LogP contribution in [0.25, 0.3) is 11.4 Å². The normalized spacial score (nSPS) is 22.2. The summed E-state index contributed by atoms with van der Waals surface area (Å²) in [5, 5.41) is 7.37. The number of ether oxygens (including phenoxy) is 1. The van der Waals surface area contributed by atoms with Crippen molar-refractivity contribution in [3.63, 3.8) is 0 Å². The molecule has 0 saturated carbocycles. The monoisotopic (exact) mass is 291 g/mol. The van der Waals surface area contributed by atoms with Crippen molar-refractivity contribution in [1.82, 2.24) is 15.5 Å². The van der Waals surface area contributed by atoms with E-state index >= 15 is 0 Å². The molecule has 6 heteroatoms. The van der Waals surface area contributed by atoms with Crippen LogP contribution in [0.1, 0.15) is 25.7 Å². The third-order valence-electron chi connectivity index (χ3n) is 3.95. The molecule has 1 aliphatic rings.